The predicted molar refractivity (Wildman–Crippen MR) is 163 cm³/mol. The monoisotopic (exact) mass is 546 g/mol. The largest absolute Gasteiger partial charge is 0.366 e. The van der Waals surface area contributed by atoms with E-state index in [0.29, 0.717) is 18.0 Å². The van der Waals surface area contributed by atoms with Gasteiger partial charge in [-0.25, -0.2) is 9.49 Å². The maximum absolute atomic E-state index is 14.6. The van der Waals surface area contributed by atoms with Crippen molar-refractivity contribution in [1.82, 2.24) is 15.1 Å². The first-order valence-electron chi connectivity index (χ1n) is 14.2. The Labute approximate surface area is 233 Å². The van der Waals surface area contributed by atoms with E-state index < -0.39 is 5.41 Å². The molecule has 0 radical (unpaired) electrons. The molecule has 2 aromatic rings. The van der Waals surface area contributed by atoms with Crippen LogP contribution < -0.4 is 16.2 Å². The Bertz CT molecular complexity index is 1360. The van der Waals surface area contributed by atoms with Gasteiger partial charge in [0.25, 0.3) is 5.56 Å². The highest BCUT2D eigenvalue weighted by Gasteiger charge is 2.36. The van der Waals surface area contributed by atoms with Crippen molar-refractivity contribution in [1.29, 1.82) is 0 Å². The fraction of sp³-hybridized carbons (Fsp3) is 0.438. The molecule has 0 saturated carbocycles. The summed E-state index contributed by atoms with van der Waals surface area (Å²) < 4.78 is 14.6. The second kappa shape index (κ2) is 12.1. The van der Waals surface area contributed by atoms with Crippen LogP contribution in [0.3, 0.4) is 0 Å². The van der Waals surface area contributed by atoms with Gasteiger partial charge in [0.2, 0.25) is 0 Å². The van der Waals surface area contributed by atoms with E-state index in [0.717, 1.165) is 68.4 Å². The molecular weight excluding hydrogens is 506 g/mol. The number of anilines is 1. The highest BCUT2D eigenvalue weighted by Crippen LogP contribution is 2.48. The number of allylic oxidation sites excluding steroid dienone is 7. The molecular formula is C32H40FN4OP. The van der Waals surface area contributed by atoms with E-state index in [1.54, 1.807) is 6.08 Å². The van der Waals surface area contributed by atoms with Gasteiger partial charge in [-0.1, -0.05) is 54.1 Å². The number of rotatable bonds is 8. The van der Waals surface area contributed by atoms with Gasteiger partial charge < -0.3 is 10.2 Å². The molecule has 3 aliphatic rings. The Morgan fingerprint density at radius 2 is 2.00 bits per heavy atom. The quantitative estimate of drug-likeness (QED) is 0.396. The van der Waals surface area contributed by atoms with Gasteiger partial charge in [-0.3, -0.25) is 4.79 Å². The molecule has 5 rings (SSSR count). The summed E-state index contributed by atoms with van der Waals surface area (Å²) in [4.78, 5) is 14.9. The summed E-state index contributed by atoms with van der Waals surface area (Å²) in [7, 11) is 2.75. The lowest BCUT2D eigenvalue weighted by molar-refractivity contribution is 0.274. The minimum absolute atomic E-state index is 0.0443. The van der Waals surface area contributed by atoms with Crippen LogP contribution in [0.25, 0.3) is 6.08 Å². The highest BCUT2D eigenvalue weighted by molar-refractivity contribution is 7.27. The Hall–Kier alpha value is -2.82. The molecule has 1 saturated heterocycles. The summed E-state index contributed by atoms with van der Waals surface area (Å²) in [5.41, 5.74) is 3.42. The van der Waals surface area contributed by atoms with Crippen molar-refractivity contribution in [2.24, 2.45) is 5.41 Å². The first kappa shape index (κ1) is 27.7. The van der Waals surface area contributed by atoms with Crippen LogP contribution in [0.5, 0.6) is 0 Å². The average molecular weight is 547 g/mol. The van der Waals surface area contributed by atoms with E-state index >= 15 is 0 Å². The van der Waals surface area contributed by atoms with Crippen LogP contribution in [-0.2, 0) is 6.42 Å². The van der Waals surface area contributed by atoms with Crippen LogP contribution in [0, 0.1) is 5.41 Å². The number of likely N-dealkylation sites (tertiary alicyclic amines) is 1. The lowest BCUT2D eigenvalue weighted by atomic mass is 9.74. The molecule has 1 aromatic heterocycles. The fourth-order valence-corrected chi connectivity index (χ4v) is 6.35. The van der Waals surface area contributed by atoms with Gasteiger partial charge in [-0.2, -0.15) is 5.10 Å². The standard InChI is InChI=1S/C32H40FN4OP/c1-32(2)28(16-17-29(32)33)25(22-12-14-24(39)15-13-22)11-7-20-37-19-6-8-23(18-21-37)34-30-26-9-4-3-5-10-27(26)31(38)36-35-30/h3-5,10,12-17,23,25H,6-9,11,18-21,39H2,1-2H3,(H,34,35)(H,36,38). The highest BCUT2D eigenvalue weighted by atomic mass is 31.0. The molecule has 2 N–H and O–H groups in total. The van der Waals surface area contributed by atoms with Gasteiger partial charge >= 0.3 is 0 Å². The molecule has 3 unspecified atom stereocenters. The van der Waals surface area contributed by atoms with Crippen LogP contribution >= 0.6 is 9.24 Å². The van der Waals surface area contributed by atoms with Gasteiger partial charge in [-0.05, 0) is 88.5 Å². The third kappa shape index (κ3) is 6.34. The van der Waals surface area contributed by atoms with Crippen LogP contribution in [0.2, 0.25) is 0 Å². The number of halogens is 1. The molecule has 7 heteroatoms. The molecule has 206 valence electrons. The van der Waals surface area contributed by atoms with E-state index in [-0.39, 0.29) is 17.3 Å². The zero-order valence-electron chi connectivity index (χ0n) is 23.1. The van der Waals surface area contributed by atoms with Gasteiger partial charge in [0, 0.05) is 35.0 Å². The van der Waals surface area contributed by atoms with Crippen molar-refractivity contribution in [3.05, 3.63) is 93.1 Å². The molecule has 0 spiro atoms. The second-order valence-electron chi connectivity index (χ2n) is 11.5. The summed E-state index contributed by atoms with van der Waals surface area (Å²) in [5.74, 6) is 0.963. The molecule has 2 aliphatic carbocycles. The summed E-state index contributed by atoms with van der Waals surface area (Å²) >= 11 is 0. The van der Waals surface area contributed by atoms with E-state index in [1.165, 1.54) is 11.1 Å². The van der Waals surface area contributed by atoms with Crippen LogP contribution in [0.4, 0.5) is 10.2 Å². The normalized spacial score (nSPS) is 21.5. The van der Waals surface area contributed by atoms with E-state index in [9.17, 15) is 9.18 Å². The third-order valence-corrected chi connectivity index (χ3v) is 8.91. The number of hydrogen-bond donors (Lipinski definition) is 2. The minimum Gasteiger partial charge on any atom is -0.366 e. The van der Waals surface area contributed by atoms with Crippen molar-refractivity contribution in [3.8, 4) is 0 Å². The number of hydrogen-bond acceptors (Lipinski definition) is 4. The molecule has 2 heterocycles. The zero-order valence-corrected chi connectivity index (χ0v) is 24.2. The number of nitrogens with zero attached hydrogens (tertiary/aromatic N) is 2. The fourth-order valence-electron chi connectivity index (χ4n) is 6.15. The van der Waals surface area contributed by atoms with E-state index in [2.05, 4.69) is 60.0 Å². The molecule has 3 atom stereocenters. The van der Waals surface area contributed by atoms with Crippen molar-refractivity contribution < 1.29 is 4.39 Å². The summed E-state index contributed by atoms with van der Waals surface area (Å²) in [5, 5.41) is 11.8. The van der Waals surface area contributed by atoms with Crippen LogP contribution in [0.15, 0.2) is 70.8 Å². The van der Waals surface area contributed by atoms with E-state index in [4.69, 9.17) is 0 Å². The van der Waals surface area contributed by atoms with Crippen molar-refractivity contribution >= 4 is 26.4 Å². The Morgan fingerprint density at radius 3 is 2.77 bits per heavy atom. The van der Waals surface area contributed by atoms with Crippen molar-refractivity contribution in [2.75, 3.05) is 25.0 Å². The number of aromatic amines is 1. The van der Waals surface area contributed by atoms with Crippen molar-refractivity contribution in [2.45, 2.75) is 64.3 Å². The molecule has 0 bridgehead atoms. The minimum atomic E-state index is -0.550. The second-order valence-corrected chi connectivity index (χ2v) is 12.2. The van der Waals surface area contributed by atoms with E-state index in [1.807, 2.05) is 38.2 Å². The first-order valence-corrected chi connectivity index (χ1v) is 14.8. The average Bonchev–Trinajstić information content (AvgIpc) is 3.16. The van der Waals surface area contributed by atoms with Gasteiger partial charge in [-0.15, -0.1) is 9.24 Å². The topological polar surface area (TPSA) is 61.0 Å². The maximum Gasteiger partial charge on any atom is 0.271 e. The summed E-state index contributed by atoms with van der Waals surface area (Å²) in [6.07, 6.45) is 17.5. The number of H-pyrrole nitrogens is 1. The lowest BCUT2D eigenvalue weighted by Crippen LogP contribution is -2.29. The first-order chi connectivity index (χ1) is 18.8. The Balaban J connectivity index is 1.19. The maximum atomic E-state index is 14.6. The van der Waals surface area contributed by atoms with Gasteiger partial charge in [0.15, 0.2) is 5.82 Å². The number of aromatic nitrogens is 2. The Kier molecular flexibility index (Phi) is 8.64. The van der Waals surface area contributed by atoms with Gasteiger partial charge in [0.1, 0.15) is 5.83 Å². The predicted octanol–water partition coefficient (Wildman–Crippen LogP) is 6.05. The number of benzene rings is 1. The number of fused-ring (bicyclic) bond motifs is 1. The third-order valence-electron chi connectivity index (χ3n) is 8.53. The molecule has 1 aromatic carbocycles. The smallest absolute Gasteiger partial charge is 0.271 e. The summed E-state index contributed by atoms with van der Waals surface area (Å²) in [6.45, 7) is 7.15. The molecule has 1 fully saturated rings. The molecule has 5 nitrogen and oxygen atoms in total. The van der Waals surface area contributed by atoms with Crippen LogP contribution in [-0.4, -0.2) is 40.8 Å². The SMILES string of the molecule is CC1(C)C(F)=CC=C1C(CCCN1CCCC(Nc2n[nH]c(=O)c3c2CC=CC=C3)CC1)c1ccc(P)cc1. The number of nitrogens with one attached hydrogen (secondary N) is 2. The van der Waals surface area contributed by atoms with Gasteiger partial charge in [0.05, 0.1) is 0 Å². The zero-order chi connectivity index (χ0) is 27.4. The van der Waals surface area contributed by atoms with Crippen molar-refractivity contribution in [3.63, 3.8) is 0 Å². The van der Waals surface area contributed by atoms with Crippen LogP contribution in [0.1, 0.15) is 68.6 Å². The molecule has 1 aliphatic heterocycles. The molecule has 39 heavy (non-hydrogen) atoms. The Morgan fingerprint density at radius 1 is 1.18 bits per heavy atom. The lowest BCUT2D eigenvalue weighted by Gasteiger charge is -2.31. The summed E-state index contributed by atoms with van der Waals surface area (Å²) in [6, 6.07) is 8.97. The molecule has 0 amide bonds.